The maximum atomic E-state index is 13.1. The standard InChI is InChI=1S/C19H20Cl2F3N5O2/c1-9(10-2-3-12(20)13(21)6-10)16-11-4-5-29(17(25)31)7-14(11)26-18(28-16)27-15(8-30)19(22,23)24/h2-3,6,9,15,30H,4-5,7-8H2,1H3,(H2,25,31)(H,26,27,28)/t9-,15?/m1/s1. The predicted molar refractivity (Wildman–Crippen MR) is 110 cm³/mol. The van der Waals surface area contributed by atoms with E-state index in [1.165, 1.54) is 4.90 Å². The number of anilines is 1. The summed E-state index contributed by atoms with van der Waals surface area (Å²) in [6, 6.07) is 2.16. The minimum Gasteiger partial charge on any atom is -0.394 e. The molecule has 12 heteroatoms. The minimum atomic E-state index is -4.71. The van der Waals surface area contributed by atoms with Crippen LogP contribution in [0.3, 0.4) is 0 Å². The van der Waals surface area contributed by atoms with E-state index in [0.717, 1.165) is 11.1 Å². The van der Waals surface area contributed by atoms with Gasteiger partial charge < -0.3 is 21.1 Å². The molecule has 0 spiro atoms. The molecule has 1 aliphatic heterocycles. The molecular formula is C19H20Cl2F3N5O2. The minimum absolute atomic E-state index is 0.0404. The zero-order valence-electron chi connectivity index (χ0n) is 16.4. The van der Waals surface area contributed by atoms with E-state index in [4.69, 9.17) is 34.0 Å². The van der Waals surface area contributed by atoms with Gasteiger partial charge in [0.05, 0.1) is 34.6 Å². The Labute approximate surface area is 186 Å². The molecule has 7 nitrogen and oxygen atoms in total. The van der Waals surface area contributed by atoms with Gasteiger partial charge in [-0.25, -0.2) is 14.8 Å². The van der Waals surface area contributed by atoms with Crippen molar-refractivity contribution in [3.63, 3.8) is 0 Å². The predicted octanol–water partition coefficient (Wildman–Crippen LogP) is 3.71. The molecule has 3 rings (SSSR count). The van der Waals surface area contributed by atoms with Crippen LogP contribution in [-0.4, -0.2) is 51.4 Å². The molecule has 4 N–H and O–H groups in total. The highest BCUT2D eigenvalue weighted by molar-refractivity contribution is 6.42. The summed E-state index contributed by atoms with van der Waals surface area (Å²) in [5, 5.41) is 12.0. The Morgan fingerprint density at radius 3 is 2.61 bits per heavy atom. The van der Waals surface area contributed by atoms with E-state index in [-0.39, 0.29) is 18.4 Å². The number of urea groups is 1. The lowest BCUT2D eigenvalue weighted by molar-refractivity contribution is -0.149. The van der Waals surface area contributed by atoms with Gasteiger partial charge in [0.1, 0.15) is 6.04 Å². The van der Waals surface area contributed by atoms with Gasteiger partial charge in [-0.15, -0.1) is 0 Å². The smallest absolute Gasteiger partial charge is 0.394 e. The van der Waals surface area contributed by atoms with Crippen molar-refractivity contribution in [3.8, 4) is 0 Å². The van der Waals surface area contributed by atoms with E-state index in [1.54, 1.807) is 18.2 Å². The number of carbonyl (C=O) groups is 1. The van der Waals surface area contributed by atoms with E-state index in [9.17, 15) is 18.0 Å². The number of aromatic nitrogens is 2. The van der Waals surface area contributed by atoms with Gasteiger partial charge >= 0.3 is 12.2 Å². The summed E-state index contributed by atoms with van der Waals surface area (Å²) in [4.78, 5) is 21.5. The summed E-state index contributed by atoms with van der Waals surface area (Å²) < 4.78 is 39.4. The van der Waals surface area contributed by atoms with Crippen LogP contribution in [0, 0.1) is 0 Å². The van der Waals surface area contributed by atoms with Gasteiger partial charge in [-0.3, -0.25) is 0 Å². The zero-order valence-corrected chi connectivity index (χ0v) is 17.9. The van der Waals surface area contributed by atoms with Crippen LogP contribution in [0.1, 0.15) is 35.4 Å². The van der Waals surface area contributed by atoms with Crippen LogP contribution < -0.4 is 11.1 Å². The van der Waals surface area contributed by atoms with Gasteiger partial charge in [0.15, 0.2) is 0 Å². The number of alkyl halides is 3. The Bertz CT molecular complexity index is 990. The van der Waals surface area contributed by atoms with Gasteiger partial charge in [-0.1, -0.05) is 36.2 Å². The normalized spacial score (nSPS) is 15.9. The Hall–Kier alpha value is -2.30. The van der Waals surface area contributed by atoms with Crippen molar-refractivity contribution in [2.24, 2.45) is 5.73 Å². The first kappa shape index (κ1) is 23.4. The summed E-state index contributed by atoms with van der Waals surface area (Å²) in [6.07, 6.45) is -4.31. The van der Waals surface area contributed by atoms with Gasteiger partial charge in [0, 0.05) is 12.5 Å². The molecule has 0 radical (unpaired) electrons. The number of carbonyl (C=O) groups excluding carboxylic acids is 1. The third-order valence-corrected chi connectivity index (χ3v) is 5.88. The number of amides is 2. The zero-order chi connectivity index (χ0) is 22.9. The van der Waals surface area contributed by atoms with Crippen molar-refractivity contribution >= 4 is 35.2 Å². The number of rotatable bonds is 5. The highest BCUT2D eigenvalue weighted by Gasteiger charge is 2.40. The molecule has 0 saturated heterocycles. The van der Waals surface area contributed by atoms with Crippen LogP contribution in [0.15, 0.2) is 18.2 Å². The lowest BCUT2D eigenvalue weighted by Crippen LogP contribution is -2.42. The molecule has 1 unspecified atom stereocenters. The van der Waals surface area contributed by atoms with E-state index >= 15 is 0 Å². The fraction of sp³-hybridized carbons (Fsp3) is 0.421. The Balaban J connectivity index is 2.07. The number of halogens is 5. The lowest BCUT2D eigenvalue weighted by Gasteiger charge is -2.30. The fourth-order valence-electron chi connectivity index (χ4n) is 3.40. The van der Waals surface area contributed by atoms with Crippen LogP contribution in [0.4, 0.5) is 23.9 Å². The quantitative estimate of drug-likeness (QED) is 0.608. The highest BCUT2D eigenvalue weighted by Crippen LogP contribution is 2.34. The average Bonchev–Trinajstić information content (AvgIpc) is 2.71. The number of aliphatic hydroxyl groups is 1. The number of nitrogens with one attached hydrogen (secondary N) is 1. The molecule has 0 saturated carbocycles. The van der Waals surface area contributed by atoms with E-state index in [2.05, 4.69) is 15.3 Å². The van der Waals surface area contributed by atoms with E-state index < -0.39 is 24.9 Å². The molecule has 0 aliphatic carbocycles. The van der Waals surface area contributed by atoms with Crippen molar-refractivity contribution in [1.82, 2.24) is 14.9 Å². The number of aliphatic hydroxyl groups excluding tert-OH is 1. The Morgan fingerprint density at radius 1 is 1.32 bits per heavy atom. The number of hydrogen-bond acceptors (Lipinski definition) is 5. The summed E-state index contributed by atoms with van der Waals surface area (Å²) >= 11 is 12.1. The molecule has 0 fully saturated rings. The molecule has 1 aliphatic rings. The largest absolute Gasteiger partial charge is 0.410 e. The maximum absolute atomic E-state index is 13.1. The van der Waals surface area contributed by atoms with Crippen LogP contribution >= 0.6 is 23.2 Å². The van der Waals surface area contributed by atoms with Gasteiger partial charge in [-0.2, -0.15) is 13.2 Å². The van der Waals surface area contributed by atoms with E-state index in [1.807, 2.05) is 6.92 Å². The second kappa shape index (κ2) is 9.05. The number of hydrogen-bond donors (Lipinski definition) is 3. The lowest BCUT2D eigenvalue weighted by atomic mass is 9.91. The van der Waals surface area contributed by atoms with Crippen LogP contribution in [0.25, 0.3) is 0 Å². The third-order valence-electron chi connectivity index (χ3n) is 5.14. The average molecular weight is 478 g/mol. The molecule has 0 bridgehead atoms. The molecule has 1 aromatic carbocycles. The van der Waals surface area contributed by atoms with Crippen molar-refractivity contribution < 1.29 is 23.1 Å². The van der Waals surface area contributed by atoms with Crippen molar-refractivity contribution in [1.29, 1.82) is 0 Å². The van der Waals surface area contributed by atoms with Gasteiger partial charge in [0.25, 0.3) is 0 Å². The van der Waals surface area contributed by atoms with Crippen LogP contribution in [-0.2, 0) is 13.0 Å². The number of benzene rings is 1. The first-order valence-electron chi connectivity index (χ1n) is 9.34. The van der Waals surface area contributed by atoms with Crippen LogP contribution in [0.2, 0.25) is 10.0 Å². The molecule has 1 aromatic heterocycles. The molecule has 2 aromatic rings. The number of primary amides is 1. The summed E-state index contributed by atoms with van der Waals surface area (Å²) in [5.41, 5.74) is 7.73. The Morgan fingerprint density at radius 2 is 2.03 bits per heavy atom. The van der Waals surface area contributed by atoms with Gasteiger partial charge in [-0.05, 0) is 29.7 Å². The first-order chi connectivity index (χ1) is 14.5. The summed E-state index contributed by atoms with van der Waals surface area (Å²) in [6.45, 7) is 1.02. The number of nitrogens with two attached hydrogens (primary N) is 1. The molecule has 2 amide bonds. The number of nitrogens with zero attached hydrogens (tertiary/aromatic N) is 3. The monoisotopic (exact) mass is 477 g/mol. The molecule has 168 valence electrons. The molecule has 31 heavy (non-hydrogen) atoms. The van der Waals surface area contributed by atoms with E-state index in [0.29, 0.717) is 34.4 Å². The molecular weight excluding hydrogens is 458 g/mol. The fourth-order valence-corrected chi connectivity index (χ4v) is 3.70. The second-order valence-corrected chi connectivity index (χ2v) is 8.00. The second-order valence-electron chi connectivity index (χ2n) is 7.18. The topological polar surface area (TPSA) is 104 Å². The molecule has 2 atom stereocenters. The van der Waals surface area contributed by atoms with Crippen molar-refractivity contribution in [2.45, 2.75) is 38.0 Å². The van der Waals surface area contributed by atoms with Gasteiger partial charge in [0.2, 0.25) is 5.95 Å². The third kappa shape index (κ3) is 5.13. The number of fused-ring (bicyclic) bond motifs is 1. The van der Waals surface area contributed by atoms with Crippen molar-refractivity contribution in [3.05, 3.63) is 50.8 Å². The maximum Gasteiger partial charge on any atom is 0.410 e. The van der Waals surface area contributed by atoms with Crippen molar-refractivity contribution in [2.75, 3.05) is 18.5 Å². The first-order valence-corrected chi connectivity index (χ1v) is 10.1. The SMILES string of the molecule is C[C@H](c1ccc(Cl)c(Cl)c1)c1nc(NC(CO)C(F)(F)F)nc2c1CCN(C(N)=O)C2. The van der Waals surface area contributed by atoms with Crippen LogP contribution in [0.5, 0.6) is 0 Å². The highest BCUT2D eigenvalue weighted by atomic mass is 35.5. The summed E-state index contributed by atoms with van der Waals surface area (Å²) in [7, 11) is 0. The summed E-state index contributed by atoms with van der Waals surface area (Å²) in [5.74, 6) is -0.658. The Kier molecular flexibility index (Phi) is 6.82. The molecule has 2 heterocycles.